The zero-order valence-corrected chi connectivity index (χ0v) is 7.57. The fraction of sp³-hybridized carbons (Fsp3) is 0.857. The van der Waals surface area contributed by atoms with Gasteiger partial charge in [-0.3, -0.25) is 0 Å². The molecular formula is C7H14O7. The quantitative estimate of drug-likeness (QED) is 0.319. The van der Waals surface area contributed by atoms with E-state index in [1.807, 2.05) is 0 Å². The molecule has 0 radical (unpaired) electrons. The van der Waals surface area contributed by atoms with Crippen molar-refractivity contribution in [3.8, 4) is 0 Å². The van der Waals surface area contributed by atoms with Crippen LogP contribution in [-0.2, 0) is 9.53 Å². The van der Waals surface area contributed by atoms with E-state index >= 15 is 0 Å². The highest BCUT2D eigenvalue weighted by molar-refractivity contribution is 5.72. The van der Waals surface area contributed by atoms with Crippen molar-refractivity contribution in [2.24, 2.45) is 0 Å². The Balaban J connectivity index is 4.22. The molecule has 0 rings (SSSR count). The number of rotatable bonds is 6. The lowest BCUT2D eigenvalue weighted by molar-refractivity contribution is -0.164. The number of hydrogen-bond donors (Lipinski definition) is 5. The van der Waals surface area contributed by atoms with Crippen molar-refractivity contribution < 1.29 is 35.1 Å². The molecule has 0 aliphatic heterocycles. The van der Waals surface area contributed by atoms with Gasteiger partial charge in [0.2, 0.25) is 0 Å². The molecule has 5 N–H and O–H groups in total. The minimum absolute atomic E-state index is 0.273. The molecule has 0 saturated carbocycles. The molecule has 0 aromatic heterocycles. The molecule has 0 spiro atoms. The Bertz CT molecular complexity index is 183. The van der Waals surface area contributed by atoms with Crippen molar-refractivity contribution in [3.63, 3.8) is 0 Å². The lowest BCUT2D eigenvalue weighted by atomic mass is 10.0. The maximum atomic E-state index is 10.2. The topological polar surface area (TPSA) is 127 Å². The van der Waals surface area contributed by atoms with E-state index < -0.39 is 30.4 Å². The summed E-state index contributed by atoms with van der Waals surface area (Å²) in [5.74, 6) is -1.68. The maximum Gasteiger partial charge on any atom is 0.335 e. The molecule has 0 bridgehead atoms. The number of aliphatic hydroxyl groups excluding tert-OH is 4. The molecule has 4 unspecified atom stereocenters. The third kappa shape index (κ3) is 3.56. The van der Waals surface area contributed by atoms with E-state index in [2.05, 4.69) is 4.74 Å². The monoisotopic (exact) mass is 210 g/mol. The molecule has 7 nitrogen and oxygen atoms in total. The second kappa shape index (κ2) is 5.89. The van der Waals surface area contributed by atoms with Gasteiger partial charge in [0.15, 0.2) is 6.10 Å². The molecule has 0 fully saturated rings. The van der Waals surface area contributed by atoms with Crippen LogP contribution in [0.2, 0.25) is 0 Å². The van der Waals surface area contributed by atoms with Crippen LogP contribution in [0.15, 0.2) is 0 Å². The summed E-state index contributed by atoms with van der Waals surface area (Å²) >= 11 is 0. The van der Waals surface area contributed by atoms with Gasteiger partial charge in [0.1, 0.15) is 18.3 Å². The Hall–Kier alpha value is -0.730. The predicted octanol–water partition coefficient (Wildman–Crippen LogP) is -2.84. The van der Waals surface area contributed by atoms with Crippen molar-refractivity contribution in [3.05, 3.63) is 0 Å². The first-order valence-electron chi connectivity index (χ1n) is 3.85. The Morgan fingerprint density at radius 3 is 2.07 bits per heavy atom. The van der Waals surface area contributed by atoms with Gasteiger partial charge in [-0.1, -0.05) is 0 Å². The SMILES string of the molecule is COCC(O)C(O)C(O)C(O)C(=O)O. The molecule has 84 valence electrons. The van der Waals surface area contributed by atoms with Crippen LogP contribution in [0.3, 0.4) is 0 Å². The summed E-state index contributed by atoms with van der Waals surface area (Å²) < 4.78 is 4.46. The second-order valence-corrected chi connectivity index (χ2v) is 2.79. The number of ether oxygens (including phenoxy) is 1. The lowest BCUT2D eigenvalue weighted by Gasteiger charge is -2.23. The maximum absolute atomic E-state index is 10.2. The largest absolute Gasteiger partial charge is 0.479 e. The van der Waals surface area contributed by atoms with Gasteiger partial charge >= 0.3 is 5.97 Å². The van der Waals surface area contributed by atoms with Gasteiger partial charge in [0, 0.05) is 7.11 Å². The highest BCUT2D eigenvalue weighted by Gasteiger charge is 2.34. The third-order valence-corrected chi connectivity index (χ3v) is 1.66. The van der Waals surface area contributed by atoms with E-state index in [0.29, 0.717) is 0 Å². The smallest absolute Gasteiger partial charge is 0.335 e. The lowest BCUT2D eigenvalue weighted by Crippen LogP contribution is -2.48. The van der Waals surface area contributed by atoms with Crippen LogP contribution in [0.25, 0.3) is 0 Å². The minimum atomic E-state index is -2.14. The van der Waals surface area contributed by atoms with E-state index in [0.717, 1.165) is 0 Å². The second-order valence-electron chi connectivity index (χ2n) is 2.79. The van der Waals surface area contributed by atoms with E-state index in [4.69, 9.17) is 25.5 Å². The van der Waals surface area contributed by atoms with Gasteiger partial charge in [-0.25, -0.2) is 4.79 Å². The molecule has 0 aliphatic rings. The van der Waals surface area contributed by atoms with Crippen LogP contribution in [0.5, 0.6) is 0 Å². The fourth-order valence-corrected chi connectivity index (χ4v) is 0.830. The third-order valence-electron chi connectivity index (χ3n) is 1.66. The van der Waals surface area contributed by atoms with E-state index in [-0.39, 0.29) is 6.61 Å². The number of methoxy groups -OCH3 is 1. The van der Waals surface area contributed by atoms with Crippen LogP contribution in [0.1, 0.15) is 0 Å². The first-order chi connectivity index (χ1) is 6.41. The molecule has 14 heavy (non-hydrogen) atoms. The molecule has 4 atom stereocenters. The Kier molecular flexibility index (Phi) is 5.58. The summed E-state index contributed by atoms with van der Waals surface area (Å²) in [4.78, 5) is 10.2. The van der Waals surface area contributed by atoms with Gasteiger partial charge in [-0.15, -0.1) is 0 Å². The van der Waals surface area contributed by atoms with Gasteiger partial charge in [-0.2, -0.15) is 0 Å². The molecule has 0 aromatic rings. The molecule has 0 aromatic carbocycles. The minimum Gasteiger partial charge on any atom is -0.479 e. The fourth-order valence-electron chi connectivity index (χ4n) is 0.830. The van der Waals surface area contributed by atoms with Crippen LogP contribution in [0, 0.1) is 0 Å². The molecule has 0 saturated heterocycles. The number of carbonyl (C=O) groups is 1. The molecular weight excluding hydrogens is 196 g/mol. The van der Waals surface area contributed by atoms with Gasteiger partial charge < -0.3 is 30.3 Å². The zero-order chi connectivity index (χ0) is 11.3. The van der Waals surface area contributed by atoms with Crippen molar-refractivity contribution in [1.29, 1.82) is 0 Å². The predicted molar refractivity (Wildman–Crippen MR) is 43.5 cm³/mol. The van der Waals surface area contributed by atoms with Crippen molar-refractivity contribution in [2.45, 2.75) is 24.4 Å². The number of aliphatic carboxylic acids is 1. The number of carboxylic acid groups (broad SMARTS) is 1. The summed E-state index contributed by atoms with van der Waals surface area (Å²) in [6.07, 6.45) is -7.33. The van der Waals surface area contributed by atoms with Crippen LogP contribution < -0.4 is 0 Å². The Morgan fingerprint density at radius 1 is 1.21 bits per heavy atom. The first kappa shape index (κ1) is 13.3. The van der Waals surface area contributed by atoms with Gasteiger partial charge in [0.25, 0.3) is 0 Å². The van der Waals surface area contributed by atoms with Crippen LogP contribution in [-0.4, -0.2) is 69.6 Å². The van der Waals surface area contributed by atoms with Crippen molar-refractivity contribution in [1.82, 2.24) is 0 Å². The highest BCUT2D eigenvalue weighted by atomic mass is 16.5. The molecule has 0 aliphatic carbocycles. The normalized spacial score (nSPS) is 19.8. The van der Waals surface area contributed by atoms with E-state index in [1.165, 1.54) is 7.11 Å². The summed E-state index contributed by atoms with van der Waals surface area (Å²) in [5.41, 5.74) is 0. The molecule has 0 heterocycles. The van der Waals surface area contributed by atoms with Gasteiger partial charge in [0.05, 0.1) is 6.61 Å². The first-order valence-corrected chi connectivity index (χ1v) is 3.85. The van der Waals surface area contributed by atoms with Gasteiger partial charge in [-0.05, 0) is 0 Å². The van der Waals surface area contributed by atoms with E-state index in [1.54, 1.807) is 0 Å². The zero-order valence-electron chi connectivity index (χ0n) is 7.57. The van der Waals surface area contributed by atoms with Crippen molar-refractivity contribution >= 4 is 5.97 Å². The van der Waals surface area contributed by atoms with Crippen LogP contribution >= 0.6 is 0 Å². The summed E-state index contributed by atoms with van der Waals surface area (Å²) in [6.45, 7) is -0.273. The average molecular weight is 210 g/mol. The van der Waals surface area contributed by atoms with E-state index in [9.17, 15) is 4.79 Å². The summed E-state index contributed by atoms with van der Waals surface area (Å²) in [6, 6.07) is 0. The Morgan fingerprint density at radius 2 is 1.71 bits per heavy atom. The number of hydrogen-bond acceptors (Lipinski definition) is 6. The summed E-state index contributed by atoms with van der Waals surface area (Å²) in [7, 11) is 1.26. The van der Waals surface area contributed by atoms with Crippen molar-refractivity contribution in [2.75, 3.05) is 13.7 Å². The highest BCUT2D eigenvalue weighted by Crippen LogP contribution is 2.05. The number of carboxylic acids is 1. The number of aliphatic hydroxyl groups is 4. The molecule has 7 heteroatoms. The molecule has 0 amide bonds. The standard InChI is InChI=1S/C7H14O7/c1-14-2-3(8)4(9)5(10)6(11)7(12)13/h3-6,8-11H,2H2,1H3,(H,12,13). The van der Waals surface area contributed by atoms with Crippen LogP contribution in [0.4, 0.5) is 0 Å². The average Bonchev–Trinajstić information content (AvgIpc) is 2.14. The summed E-state index contributed by atoms with van der Waals surface area (Å²) in [5, 5.41) is 44.4. The Labute approximate surface area is 80.2 Å².